The summed E-state index contributed by atoms with van der Waals surface area (Å²) in [5.74, 6) is 0.165. The van der Waals surface area contributed by atoms with Crippen LogP contribution in [-0.4, -0.2) is 24.4 Å². The quantitative estimate of drug-likeness (QED) is 0.717. The topological polar surface area (TPSA) is 71.3 Å². The van der Waals surface area contributed by atoms with E-state index in [0.717, 1.165) is 18.2 Å². The molecule has 132 valence electrons. The summed E-state index contributed by atoms with van der Waals surface area (Å²) in [6.45, 7) is 0.413. The molecule has 5 nitrogen and oxygen atoms in total. The highest BCUT2D eigenvalue weighted by Gasteiger charge is 2.32. The van der Waals surface area contributed by atoms with Crippen molar-refractivity contribution in [2.24, 2.45) is 5.92 Å². The molecule has 5 heteroatoms. The Bertz CT molecular complexity index is 929. The number of hydrogen-bond donors (Lipinski definition) is 2. The Morgan fingerprint density at radius 2 is 1.81 bits per heavy atom. The summed E-state index contributed by atoms with van der Waals surface area (Å²) in [6.07, 6.45) is 3.73. The van der Waals surface area contributed by atoms with E-state index >= 15 is 0 Å². The fourth-order valence-corrected chi connectivity index (χ4v) is 3.17. The highest BCUT2D eigenvalue weighted by molar-refractivity contribution is 6.05. The Morgan fingerprint density at radius 1 is 1.00 bits per heavy atom. The Hall–Kier alpha value is -3.08. The lowest BCUT2D eigenvalue weighted by atomic mass is 10.1. The number of amides is 2. The van der Waals surface area contributed by atoms with Crippen LogP contribution in [0.15, 0.2) is 65.3 Å². The maximum absolute atomic E-state index is 12.6. The van der Waals surface area contributed by atoms with Crippen molar-refractivity contribution in [3.8, 4) is 0 Å². The molecular weight excluding hydrogens is 328 g/mol. The third-order valence-corrected chi connectivity index (χ3v) is 4.77. The van der Waals surface area contributed by atoms with Gasteiger partial charge in [-0.3, -0.25) is 9.59 Å². The second kappa shape index (κ2) is 7.04. The number of hydrogen-bond acceptors (Lipinski definition) is 3. The van der Waals surface area contributed by atoms with E-state index in [2.05, 4.69) is 10.6 Å². The Morgan fingerprint density at radius 3 is 2.58 bits per heavy atom. The van der Waals surface area contributed by atoms with Crippen molar-refractivity contribution in [3.63, 3.8) is 0 Å². The molecule has 1 heterocycles. The van der Waals surface area contributed by atoms with Crippen molar-refractivity contribution < 1.29 is 14.0 Å². The van der Waals surface area contributed by atoms with Crippen LogP contribution in [0.5, 0.6) is 0 Å². The summed E-state index contributed by atoms with van der Waals surface area (Å²) in [6, 6.07) is 16.3. The molecule has 2 aromatic carbocycles. The SMILES string of the molecule is O=C(NC(CNC(=O)c1cccc2occc12)C1CC1)c1ccccc1. The minimum Gasteiger partial charge on any atom is -0.464 e. The molecule has 26 heavy (non-hydrogen) atoms. The second-order valence-electron chi connectivity index (χ2n) is 6.63. The molecule has 2 N–H and O–H groups in total. The van der Waals surface area contributed by atoms with Gasteiger partial charge in [0.05, 0.1) is 11.8 Å². The maximum atomic E-state index is 12.6. The van der Waals surface area contributed by atoms with Crippen molar-refractivity contribution in [3.05, 3.63) is 72.0 Å². The van der Waals surface area contributed by atoms with Gasteiger partial charge in [0.2, 0.25) is 0 Å². The zero-order chi connectivity index (χ0) is 17.9. The molecule has 0 saturated heterocycles. The standard InChI is InChI=1S/C21H20N2O3/c24-20(15-5-2-1-3-6-15)23-18(14-9-10-14)13-22-21(25)17-7-4-8-19-16(17)11-12-26-19/h1-8,11-12,14,18H,9-10,13H2,(H,22,25)(H,23,24). The van der Waals surface area contributed by atoms with E-state index in [0.29, 0.717) is 29.2 Å². The molecule has 1 fully saturated rings. The van der Waals surface area contributed by atoms with Gasteiger partial charge in [0.15, 0.2) is 0 Å². The van der Waals surface area contributed by atoms with E-state index in [4.69, 9.17) is 4.42 Å². The molecule has 0 spiro atoms. The summed E-state index contributed by atoms with van der Waals surface area (Å²) in [7, 11) is 0. The molecule has 1 aliphatic carbocycles. The van der Waals surface area contributed by atoms with E-state index in [1.807, 2.05) is 24.3 Å². The van der Waals surface area contributed by atoms with Crippen LogP contribution in [0, 0.1) is 5.92 Å². The highest BCUT2D eigenvalue weighted by Crippen LogP contribution is 2.32. The summed E-state index contributed by atoms with van der Waals surface area (Å²) in [5.41, 5.74) is 1.90. The first-order valence-electron chi connectivity index (χ1n) is 8.83. The predicted octanol–water partition coefficient (Wildman–Crippen LogP) is 3.37. The molecular formula is C21H20N2O3. The smallest absolute Gasteiger partial charge is 0.252 e. The summed E-state index contributed by atoms with van der Waals surface area (Å²) in [4.78, 5) is 25.0. The molecule has 1 aromatic heterocycles. The Labute approximate surface area is 151 Å². The van der Waals surface area contributed by atoms with Gasteiger partial charge in [-0.05, 0) is 49.1 Å². The molecule has 1 saturated carbocycles. The fourth-order valence-electron chi connectivity index (χ4n) is 3.17. The van der Waals surface area contributed by atoms with Crippen molar-refractivity contribution in [1.82, 2.24) is 10.6 Å². The number of nitrogens with one attached hydrogen (secondary N) is 2. The molecule has 0 radical (unpaired) electrons. The average Bonchev–Trinajstić information content (AvgIpc) is 3.41. The summed E-state index contributed by atoms with van der Waals surface area (Å²) < 4.78 is 5.35. The molecule has 1 unspecified atom stereocenters. The number of furan rings is 1. The minimum absolute atomic E-state index is 0.0600. The number of rotatable bonds is 6. The molecule has 0 aliphatic heterocycles. The fraction of sp³-hybridized carbons (Fsp3) is 0.238. The third-order valence-electron chi connectivity index (χ3n) is 4.77. The van der Waals surface area contributed by atoms with E-state index in [1.165, 1.54) is 0 Å². The molecule has 3 aromatic rings. The van der Waals surface area contributed by atoms with E-state index in [-0.39, 0.29) is 17.9 Å². The largest absolute Gasteiger partial charge is 0.464 e. The van der Waals surface area contributed by atoms with Crippen LogP contribution >= 0.6 is 0 Å². The monoisotopic (exact) mass is 348 g/mol. The van der Waals surface area contributed by atoms with Crippen LogP contribution < -0.4 is 10.6 Å². The lowest BCUT2D eigenvalue weighted by Crippen LogP contribution is -2.45. The van der Waals surface area contributed by atoms with Crippen molar-refractivity contribution >= 4 is 22.8 Å². The number of carbonyl (C=O) groups is 2. The second-order valence-corrected chi connectivity index (χ2v) is 6.63. The Balaban J connectivity index is 1.42. The third kappa shape index (κ3) is 3.47. The van der Waals surface area contributed by atoms with Gasteiger partial charge in [0, 0.05) is 23.5 Å². The van der Waals surface area contributed by atoms with Gasteiger partial charge in [-0.2, -0.15) is 0 Å². The molecule has 0 bridgehead atoms. The average molecular weight is 348 g/mol. The Kier molecular flexibility index (Phi) is 4.44. The van der Waals surface area contributed by atoms with Crippen molar-refractivity contribution in [2.45, 2.75) is 18.9 Å². The van der Waals surface area contributed by atoms with Gasteiger partial charge in [-0.1, -0.05) is 24.3 Å². The van der Waals surface area contributed by atoms with Gasteiger partial charge in [-0.25, -0.2) is 0 Å². The van der Waals surface area contributed by atoms with Crippen LogP contribution in [0.3, 0.4) is 0 Å². The molecule has 1 atom stereocenters. The lowest BCUT2D eigenvalue weighted by molar-refractivity contribution is 0.0904. The van der Waals surface area contributed by atoms with E-state index < -0.39 is 0 Å². The van der Waals surface area contributed by atoms with Crippen molar-refractivity contribution in [2.75, 3.05) is 6.54 Å². The van der Waals surface area contributed by atoms with Crippen LogP contribution in [0.25, 0.3) is 11.0 Å². The van der Waals surface area contributed by atoms with Crippen molar-refractivity contribution in [1.29, 1.82) is 0 Å². The highest BCUT2D eigenvalue weighted by atomic mass is 16.3. The lowest BCUT2D eigenvalue weighted by Gasteiger charge is -2.19. The van der Waals surface area contributed by atoms with Gasteiger partial charge < -0.3 is 15.1 Å². The van der Waals surface area contributed by atoms with Gasteiger partial charge >= 0.3 is 0 Å². The van der Waals surface area contributed by atoms with E-state index in [9.17, 15) is 9.59 Å². The number of benzene rings is 2. The zero-order valence-electron chi connectivity index (χ0n) is 14.3. The normalized spacial score (nSPS) is 14.8. The summed E-state index contributed by atoms with van der Waals surface area (Å²) in [5, 5.41) is 6.82. The van der Waals surface area contributed by atoms with Gasteiger partial charge in [0.25, 0.3) is 11.8 Å². The predicted molar refractivity (Wildman–Crippen MR) is 99.0 cm³/mol. The van der Waals surface area contributed by atoms with Crippen LogP contribution in [-0.2, 0) is 0 Å². The molecule has 1 aliphatic rings. The first kappa shape index (κ1) is 16.4. The molecule has 4 rings (SSSR count). The number of fused-ring (bicyclic) bond motifs is 1. The first-order valence-corrected chi connectivity index (χ1v) is 8.83. The molecule has 2 amide bonds. The summed E-state index contributed by atoms with van der Waals surface area (Å²) >= 11 is 0. The van der Waals surface area contributed by atoms with Gasteiger partial charge in [0.1, 0.15) is 5.58 Å². The number of carbonyl (C=O) groups excluding carboxylic acids is 2. The first-order chi connectivity index (χ1) is 12.7. The van der Waals surface area contributed by atoms with Crippen LogP contribution in [0.4, 0.5) is 0 Å². The van der Waals surface area contributed by atoms with Crippen LogP contribution in [0.1, 0.15) is 33.6 Å². The van der Waals surface area contributed by atoms with E-state index in [1.54, 1.807) is 36.6 Å². The zero-order valence-corrected chi connectivity index (χ0v) is 14.3. The minimum atomic E-state index is -0.156. The van der Waals surface area contributed by atoms with Crippen LogP contribution in [0.2, 0.25) is 0 Å². The maximum Gasteiger partial charge on any atom is 0.252 e. The van der Waals surface area contributed by atoms with Gasteiger partial charge in [-0.15, -0.1) is 0 Å².